The number of aromatic nitrogens is 1. The van der Waals surface area contributed by atoms with Gasteiger partial charge in [0.2, 0.25) is 5.43 Å². The number of hydrogen-bond donors (Lipinski definition) is 0. The first-order valence-electron chi connectivity index (χ1n) is 8.29. The number of benzene rings is 1. The molecule has 0 atom stereocenters. The molecule has 0 spiro atoms. The van der Waals surface area contributed by atoms with Gasteiger partial charge in [0, 0.05) is 11.6 Å². The monoisotopic (exact) mass is 413 g/mol. The van der Waals surface area contributed by atoms with Gasteiger partial charge in [-0.1, -0.05) is 11.6 Å². The number of carbonyl (C=O) groups is 3. The van der Waals surface area contributed by atoms with Crippen molar-refractivity contribution in [3.05, 3.63) is 45.0 Å². The average molecular weight is 414 g/mol. The van der Waals surface area contributed by atoms with Crippen molar-refractivity contribution in [1.29, 1.82) is 0 Å². The summed E-state index contributed by atoms with van der Waals surface area (Å²) in [6.45, 7) is 2.36. The largest absolute Gasteiger partial charge is 0.465 e. The Kier molecular flexibility index (Phi) is 7.11. The summed E-state index contributed by atoms with van der Waals surface area (Å²) >= 11 is 5.78. The lowest BCUT2D eigenvalue weighted by Crippen LogP contribution is -2.25. The summed E-state index contributed by atoms with van der Waals surface area (Å²) in [6.07, 6.45) is 1.07. The van der Waals surface area contributed by atoms with Gasteiger partial charge in [0.1, 0.15) is 17.9 Å². The van der Waals surface area contributed by atoms with Crippen molar-refractivity contribution in [1.82, 2.24) is 4.57 Å². The second-order valence-electron chi connectivity index (χ2n) is 5.47. The minimum absolute atomic E-state index is 0.0960. The van der Waals surface area contributed by atoms with Gasteiger partial charge in [0.15, 0.2) is 6.61 Å². The van der Waals surface area contributed by atoms with Gasteiger partial charge in [0.05, 0.1) is 23.8 Å². The Labute approximate surface area is 163 Å². The molecule has 1 heterocycles. The standard InChI is InChI=1S/C18H17ClFNO7/c1-3-26-15(22)8-21-7-11(18(25)28-9-16(23)27-4-2)17(24)10-5-13(20)12(19)6-14(10)21/h5-7H,3-4,8-9H2,1-2H3. The van der Waals surface area contributed by atoms with Crippen LogP contribution < -0.4 is 5.43 Å². The highest BCUT2D eigenvalue weighted by Gasteiger charge is 2.20. The molecule has 0 aliphatic carbocycles. The number of esters is 3. The van der Waals surface area contributed by atoms with E-state index in [9.17, 15) is 23.6 Å². The fraction of sp³-hybridized carbons (Fsp3) is 0.333. The number of fused-ring (bicyclic) bond motifs is 1. The van der Waals surface area contributed by atoms with Gasteiger partial charge in [-0.05, 0) is 26.0 Å². The lowest BCUT2D eigenvalue weighted by molar-refractivity contribution is -0.146. The summed E-state index contributed by atoms with van der Waals surface area (Å²) in [5.74, 6) is -3.42. The van der Waals surface area contributed by atoms with Crippen molar-refractivity contribution in [2.24, 2.45) is 0 Å². The molecule has 0 saturated carbocycles. The minimum Gasteiger partial charge on any atom is -0.465 e. The number of carbonyl (C=O) groups excluding carboxylic acids is 3. The summed E-state index contributed by atoms with van der Waals surface area (Å²) in [5, 5.41) is -0.445. The summed E-state index contributed by atoms with van der Waals surface area (Å²) in [4.78, 5) is 48.1. The van der Waals surface area contributed by atoms with Crippen LogP contribution >= 0.6 is 11.6 Å². The van der Waals surface area contributed by atoms with Crippen molar-refractivity contribution >= 4 is 40.4 Å². The number of nitrogens with zero attached hydrogens (tertiary/aromatic N) is 1. The molecule has 2 rings (SSSR count). The minimum atomic E-state index is -1.12. The van der Waals surface area contributed by atoms with E-state index in [0.717, 1.165) is 12.3 Å². The van der Waals surface area contributed by atoms with Gasteiger partial charge in [-0.25, -0.2) is 14.0 Å². The van der Waals surface area contributed by atoms with E-state index in [2.05, 4.69) is 4.74 Å². The van der Waals surface area contributed by atoms with Crippen LogP contribution in [-0.2, 0) is 30.3 Å². The molecular weight excluding hydrogens is 397 g/mol. The van der Waals surface area contributed by atoms with Crippen LogP contribution in [0.4, 0.5) is 4.39 Å². The number of halogens is 2. The Bertz CT molecular complexity index is 986. The van der Waals surface area contributed by atoms with Crippen molar-refractivity contribution < 1.29 is 33.0 Å². The van der Waals surface area contributed by atoms with Gasteiger partial charge >= 0.3 is 17.9 Å². The highest BCUT2D eigenvalue weighted by Crippen LogP contribution is 2.22. The lowest BCUT2D eigenvalue weighted by Gasteiger charge is -2.13. The Hall–Kier alpha value is -2.94. The molecule has 0 fully saturated rings. The van der Waals surface area contributed by atoms with Crippen LogP contribution in [0.1, 0.15) is 24.2 Å². The highest BCUT2D eigenvalue weighted by molar-refractivity contribution is 6.31. The van der Waals surface area contributed by atoms with Gasteiger partial charge in [0.25, 0.3) is 0 Å². The highest BCUT2D eigenvalue weighted by atomic mass is 35.5. The lowest BCUT2D eigenvalue weighted by atomic mass is 10.1. The molecule has 28 heavy (non-hydrogen) atoms. The first-order chi connectivity index (χ1) is 13.3. The van der Waals surface area contributed by atoms with E-state index in [1.807, 2.05) is 0 Å². The van der Waals surface area contributed by atoms with Crippen molar-refractivity contribution in [3.8, 4) is 0 Å². The molecule has 0 unspecified atom stereocenters. The first kappa shape index (κ1) is 21.4. The van der Waals surface area contributed by atoms with Crippen LogP contribution in [0, 0.1) is 5.82 Å². The van der Waals surface area contributed by atoms with Crippen LogP contribution in [0.15, 0.2) is 23.1 Å². The fourth-order valence-electron chi connectivity index (χ4n) is 2.41. The molecule has 0 amide bonds. The van der Waals surface area contributed by atoms with E-state index < -0.39 is 41.3 Å². The topological polar surface area (TPSA) is 101 Å². The maximum atomic E-state index is 13.9. The van der Waals surface area contributed by atoms with E-state index in [0.29, 0.717) is 0 Å². The van der Waals surface area contributed by atoms with Gasteiger partial charge in [-0.3, -0.25) is 9.59 Å². The van der Waals surface area contributed by atoms with E-state index in [4.69, 9.17) is 21.1 Å². The third-order valence-electron chi connectivity index (χ3n) is 3.57. The molecule has 0 bridgehead atoms. The van der Waals surface area contributed by atoms with Crippen molar-refractivity contribution in [2.45, 2.75) is 20.4 Å². The zero-order chi connectivity index (χ0) is 20.8. The molecule has 10 heteroatoms. The molecule has 0 aliphatic rings. The van der Waals surface area contributed by atoms with E-state index in [1.165, 1.54) is 10.6 Å². The fourth-order valence-corrected chi connectivity index (χ4v) is 2.57. The third-order valence-corrected chi connectivity index (χ3v) is 3.86. The average Bonchev–Trinajstić information content (AvgIpc) is 2.64. The first-order valence-corrected chi connectivity index (χ1v) is 8.66. The Morgan fingerprint density at radius 1 is 1.07 bits per heavy atom. The van der Waals surface area contributed by atoms with Gasteiger partial charge in [-0.2, -0.15) is 0 Å². The van der Waals surface area contributed by atoms with E-state index in [-0.39, 0.29) is 35.7 Å². The van der Waals surface area contributed by atoms with E-state index >= 15 is 0 Å². The van der Waals surface area contributed by atoms with Gasteiger partial charge in [-0.15, -0.1) is 0 Å². The summed E-state index contributed by atoms with van der Waals surface area (Å²) in [5.41, 5.74) is -1.19. The van der Waals surface area contributed by atoms with Crippen LogP contribution in [0.2, 0.25) is 5.02 Å². The van der Waals surface area contributed by atoms with Crippen molar-refractivity contribution in [2.75, 3.05) is 19.8 Å². The zero-order valence-electron chi connectivity index (χ0n) is 15.1. The maximum absolute atomic E-state index is 13.9. The second-order valence-corrected chi connectivity index (χ2v) is 5.88. The summed E-state index contributed by atoms with van der Waals surface area (Å²) in [6, 6.07) is 2.03. The van der Waals surface area contributed by atoms with Crippen LogP contribution in [0.3, 0.4) is 0 Å². The van der Waals surface area contributed by atoms with E-state index in [1.54, 1.807) is 13.8 Å². The summed E-state index contributed by atoms with van der Waals surface area (Å²) in [7, 11) is 0. The molecular formula is C18H17ClFNO7. The van der Waals surface area contributed by atoms with Crippen molar-refractivity contribution in [3.63, 3.8) is 0 Å². The van der Waals surface area contributed by atoms with Crippen LogP contribution in [-0.4, -0.2) is 42.3 Å². The Morgan fingerprint density at radius 3 is 2.36 bits per heavy atom. The SMILES string of the molecule is CCOC(=O)COC(=O)c1cn(CC(=O)OCC)c2cc(Cl)c(F)cc2c1=O. The molecule has 1 aromatic carbocycles. The van der Waals surface area contributed by atoms with Crippen LogP contribution in [0.5, 0.6) is 0 Å². The molecule has 1 aromatic heterocycles. The normalized spacial score (nSPS) is 10.6. The number of pyridine rings is 1. The molecule has 0 radical (unpaired) electrons. The quantitative estimate of drug-likeness (QED) is 0.506. The predicted molar refractivity (Wildman–Crippen MR) is 96.7 cm³/mol. The molecule has 8 nitrogen and oxygen atoms in total. The molecule has 2 aromatic rings. The molecule has 150 valence electrons. The number of ether oxygens (including phenoxy) is 3. The summed E-state index contributed by atoms with van der Waals surface area (Å²) < 4.78 is 29.4. The Morgan fingerprint density at radius 2 is 1.71 bits per heavy atom. The molecule has 0 saturated heterocycles. The smallest absolute Gasteiger partial charge is 0.344 e. The molecule has 0 aliphatic heterocycles. The maximum Gasteiger partial charge on any atom is 0.344 e. The third kappa shape index (κ3) is 4.86. The Balaban J connectivity index is 2.51. The predicted octanol–water partition coefficient (Wildman–Crippen LogP) is 2.08. The molecule has 0 N–H and O–H groups in total. The number of hydrogen-bond acceptors (Lipinski definition) is 7. The van der Waals surface area contributed by atoms with Crippen LogP contribution in [0.25, 0.3) is 10.9 Å². The van der Waals surface area contributed by atoms with Gasteiger partial charge < -0.3 is 18.8 Å². The second kappa shape index (κ2) is 9.32. The number of rotatable bonds is 7. The zero-order valence-corrected chi connectivity index (χ0v) is 15.9.